The predicted molar refractivity (Wildman–Crippen MR) is 44.1 cm³/mol. The van der Waals surface area contributed by atoms with Gasteiger partial charge in [0, 0.05) is 5.92 Å². The lowest BCUT2D eigenvalue weighted by Crippen LogP contribution is -2.23. The van der Waals surface area contributed by atoms with Crippen molar-refractivity contribution in [3.63, 3.8) is 0 Å². The van der Waals surface area contributed by atoms with E-state index in [4.69, 9.17) is 0 Å². The zero-order chi connectivity index (χ0) is 8.01. The molecule has 1 fully saturated rings. The van der Waals surface area contributed by atoms with Crippen molar-refractivity contribution in [3.05, 3.63) is 12.2 Å². The van der Waals surface area contributed by atoms with Gasteiger partial charge in [0.05, 0.1) is 0 Å². The molecular formula is C10H14O. The van der Waals surface area contributed by atoms with Crippen LogP contribution in [0.1, 0.15) is 20.3 Å². The normalized spacial score (nSPS) is 46.7. The Morgan fingerprint density at radius 3 is 2.36 bits per heavy atom. The molecule has 2 bridgehead atoms. The van der Waals surface area contributed by atoms with Gasteiger partial charge in [-0.2, -0.15) is 0 Å². The monoisotopic (exact) mass is 150 g/mol. The Kier molecular flexibility index (Phi) is 1.41. The lowest BCUT2D eigenvalue weighted by Gasteiger charge is -2.21. The molecule has 2 aliphatic rings. The smallest absolute Gasteiger partial charge is 0.133 e. The number of hydrogen-bond donors (Lipinski definition) is 0. The summed E-state index contributed by atoms with van der Waals surface area (Å²) in [6.45, 7) is 3.94. The maximum Gasteiger partial charge on any atom is 0.133 e. The summed E-state index contributed by atoms with van der Waals surface area (Å²) < 4.78 is 0. The Morgan fingerprint density at radius 2 is 2.00 bits per heavy atom. The molecule has 2 aliphatic carbocycles. The number of carbonyl (C=O) groups is 1. The van der Waals surface area contributed by atoms with Crippen LogP contribution in [-0.4, -0.2) is 5.78 Å². The van der Waals surface area contributed by atoms with Crippen molar-refractivity contribution in [1.82, 2.24) is 0 Å². The summed E-state index contributed by atoms with van der Waals surface area (Å²) in [5.74, 6) is 2.60. The molecule has 0 heterocycles. The van der Waals surface area contributed by atoms with Gasteiger partial charge in [-0.05, 0) is 31.1 Å². The van der Waals surface area contributed by atoms with Crippen molar-refractivity contribution in [2.24, 2.45) is 23.7 Å². The molecule has 2 rings (SSSR count). The lowest BCUT2D eigenvalue weighted by molar-refractivity contribution is -0.122. The second kappa shape index (κ2) is 2.20. The highest BCUT2D eigenvalue weighted by atomic mass is 16.1. The summed E-state index contributed by atoms with van der Waals surface area (Å²) in [7, 11) is 0. The molecule has 0 aromatic heterocycles. The fourth-order valence-corrected chi connectivity index (χ4v) is 2.74. The van der Waals surface area contributed by atoms with E-state index in [1.165, 1.54) is 6.42 Å². The van der Waals surface area contributed by atoms with Gasteiger partial charge in [0.2, 0.25) is 0 Å². The van der Waals surface area contributed by atoms with Gasteiger partial charge < -0.3 is 0 Å². The molecule has 4 atom stereocenters. The molecule has 0 radical (unpaired) electrons. The Morgan fingerprint density at radius 1 is 1.36 bits per heavy atom. The first-order chi connectivity index (χ1) is 5.20. The van der Waals surface area contributed by atoms with Gasteiger partial charge in [0.15, 0.2) is 0 Å². The summed E-state index contributed by atoms with van der Waals surface area (Å²) in [5.41, 5.74) is 0. The first-order valence-corrected chi connectivity index (χ1v) is 4.39. The average molecular weight is 150 g/mol. The van der Waals surface area contributed by atoms with Crippen molar-refractivity contribution in [3.8, 4) is 0 Å². The van der Waals surface area contributed by atoms with E-state index in [2.05, 4.69) is 19.1 Å². The van der Waals surface area contributed by atoms with E-state index in [1.807, 2.05) is 0 Å². The standard InChI is InChI=1S/C10H14O/c1-6-8-3-4-9(5-8)10(6)7(2)11/h3-4,6,8-10H,5H2,1-2H3/t6-,8-,9+,10+/m0/s1. The highest BCUT2D eigenvalue weighted by Gasteiger charge is 2.43. The van der Waals surface area contributed by atoms with Crippen LogP contribution in [0.25, 0.3) is 0 Å². The molecule has 60 valence electrons. The molecule has 0 aromatic carbocycles. The number of rotatable bonds is 1. The van der Waals surface area contributed by atoms with E-state index < -0.39 is 0 Å². The predicted octanol–water partition coefficient (Wildman–Crippen LogP) is 2.03. The minimum atomic E-state index is 0.338. The highest BCUT2D eigenvalue weighted by molar-refractivity contribution is 5.80. The number of hydrogen-bond acceptors (Lipinski definition) is 1. The summed E-state index contributed by atoms with van der Waals surface area (Å²) in [4.78, 5) is 11.2. The first kappa shape index (κ1) is 7.08. The molecule has 0 spiro atoms. The van der Waals surface area contributed by atoms with E-state index in [-0.39, 0.29) is 0 Å². The van der Waals surface area contributed by atoms with Gasteiger partial charge >= 0.3 is 0 Å². The van der Waals surface area contributed by atoms with Crippen molar-refractivity contribution < 1.29 is 4.79 Å². The van der Waals surface area contributed by atoms with Gasteiger partial charge in [-0.15, -0.1) is 0 Å². The molecule has 0 aliphatic heterocycles. The molecule has 1 saturated carbocycles. The zero-order valence-corrected chi connectivity index (χ0v) is 7.08. The zero-order valence-electron chi connectivity index (χ0n) is 7.08. The van der Waals surface area contributed by atoms with Crippen LogP contribution in [0.2, 0.25) is 0 Å². The molecule has 11 heavy (non-hydrogen) atoms. The quantitative estimate of drug-likeness (QED) is 0.523. The van der Waals surface area contributed by atoms with Crippen LogP contribution in [0.4, 0.5) is 0 Å². The largest absolute Gasteiger partial charge is 0.300 e. The van der Waals surface area contributed by atoms with Gasteiger partial charge in [-0.25, -0.2) is 0 Å². The fraction of sp³-hybridized carbons (Fsp3) is 0.700. The summed E-state index contributed by atoms with van der Waals surface area (Å²) >= 11 is 0. The van der Waals surface area contributed by atoms with Crippen LogP contribution in [-0.2, 0) is 4.79 Å². The summed E-state index contributed by atoms with van der Waals surface area (Å²) in [6.07, 6.45) is 5.75. The minimum Gasteiger partial charge on any atom is -0.300 e. The number of fused-ring (bicyclic) bond motifs is 2. The van der Waals surface area contributed by atoms with Gasteiger partial charge in [0.25, 0.3) is 0 Å². The molecule has 0 saturated heterocycles. The fourth-order valence-electron chi connectivity index (χ4n) is 2.74. The maximum atomic E-state index is 11.2. The minimum absolute atomic E-state index is 0.338. The van der Waals surface area contributed by atoms with Crippen LogP contribution in [0.3, 0.4) is 0 Å². The number of carbonyl (C=O) groups excluding carboxylic acids is 1. The van der Waals surface area contributed by atoms with Crippen LogP contribution < -0.4 is 0 Å². The van der Waals surface area contributed by atoms with E-state index in [9.17, 15) is 4.79 Å². The Bertz CT molecular complexity index is 217. The van der Waals surface area contributed by atoms with Crippen molar-refractivity contribution in [1.29, 1.82) is 0 Å². The Hall–Kier alpha value is -0.590. The van der Waals surface area contributed by atoms with Gasteiger partial charge in [0.1, 0.15) is 5.78 Å². The molecule has 0 N–H and O–H groups in total. The maximum absolute atomic E-state index is 11.2. The number of Topliss-reactive ketones (excluding diaryl/α,β-unsaturated/α-hetero) is 1. The highest BCUT2D eigenvalue weighted by Crippen LogP contribution is 2.47. The number of allylic oxidation sites excluding steroid dienone is 2. The van der Waals surface area contributed by atoms with Crippen LogP contribution in [0.15, 0.2) is 12.2 Å². The van der Waals surface area contributed by atoms with Crippen LogP contribution in [0.5, 0.6) is 0 Å². The Balaban J connectivity index is 2.25. The second-order valence-corrected chi connectivity index (χ2v) is 3.94. The number of ketones is 1. The summed E-state index contributed by atoms with van der Waals surface area (Å²) in [6, 6.07) is 0. The van der Waals surface area contributed by atoms with E-state index >= 15 is 0 Å². The Labute approximate surface area is 67.5 Å². The summed E-state index contributed by atoms with van der Waals surface area (Å²) in [5, 5.41) is 0. The molecule has 1 heteroatoms. The SMILES string of the molecule is CC(=O)[C@H]1[C@@H](C)[C@H]2C=C[C@@H]1C2. The second-order valence-electron chi connectivity index (χ2n) is 3.94. The van der Waals surface area contributed by atoms with E-state index in [1.54, 1.807) is 6.92 Å². The van der Waals surface area contributed by atoms with E-state index in [0.717, 1.165) is 0 Å². The third-order valence-electron chi connectivity index (χ3n) is 3.32. The van der Waals surface area contributed by atoms with E-state index in [0.29, 0.717) is 29.5 Å². The van der Waals surface area contributed by atoms with Crippen molar-refractivity contribution in [2.75, 3.05) is 0 Å². The lowest BCUT2D eigenvalue weighted by atomic mass is 9.82. The topological polar surface area (TPSA) is 17.1 Å². The van der Waals surface area contributed by atoms with Crippen LogP contribution in [0, 0.1) is 23.7 Å². The molecular weight excluding hydrogens is 136 g/mol. The first-order valence-electron chi connectivity index (χ1n) is 4.39. The van der Waals surface area contributed by atoms with Gasteiger partial charge in [-0.3, -0.25) is 4.79 Å². The molecule has 1 nitrogen and oxygen atoms in total. The molecule has 0 amide bonds. The third-order valence-corrected chi connectivity index (χ3v) is 3.32. The van der Waals surface area contributed by atoms with Crippen molar-refractivity contribution >= 4 is 5.78 Å². The average Bonchev–Trinajstić information content (AvgIpc) is 2.44. The van der Waals surface area contributed by atoms with Gasteiger partial charge in [-0.1, -0.05) is 19.1 Å². The van der Waals surface area contributed by atoms with Crippen LogP contribution >= 0.6 is 0 Å². The molecule has 0 aromatic rings. The third kappa shape index (κ3) is 0.867. The van der Waals surface area contributed by atoms with Crippen molar-refractivity contribution in [2.45, 2.75) is 20.3 Å². The molecule has 0 unspecified atom stereocenters.